The van der Waals surface area contributed by atoms with Crippen LogP contribution in [-0.4, -0.2) is 14.2 Å². The van der Waals surface area contributed by atoms with E-state index in [1.54, 1.807) is 12.1 Å². The van der Waals surface area contributed by atoms with E-state index in [1.165, 1.54) is 28.6 Å². The van der Waals surface area contributed by atoms with Gasteiger partial charge in [-0.3, -0.25) is 9.59 Å². The summed E-state index contributed by atoms with van der Waals surface area (Å²) in [4.78, 5) is 23.4. The van der Waals surface area contributed by atoms with E-state index in [1.807, 2.05) is 18.2 Å². The van der Waals surface area contributed by atoms with E-state index >= 15 is 0 Å². The molecule has 0 bridgehead atoms. The molecule has 1 aromatic carbocycles. The third kappa shape index (κ3) is 2.41. The normalized spacial score (nSPS) is 12.7. The zero-order valence-electron chi connectivity index (χ0n) is 11.4. The van der Waals surface area contributed by atoms with Gasteiger partial charge in [-0.2, -0.15) is 0 Å². The highest BCUT2D eigenvalue weighted by Gasteiger charge is 2.15. The molecule has 0 radical (unpaired) electrons. The number of fused-ring (bicyclic) bond motifs is 1. The van der Waals surface area contributed by atoms with Gasteiger partial charge in [-0.15, -0.1) is 0 Å². The molecule has 2 aromatic heterocycles. The number of aliphatic hydroxyl groups is 1. The molecule has 1 atom stereocenters. The van der Waals surface area contributed by atoms with Gasteiger partial charge in [-0.1, -0.05) is 18.2 Å². The van der Waals surface area contributed by atoms with E-state index in [0.29, 0.717) is 11.3 Å². The molecule has 0 aliphatic heterocycles. The Hall–Kier alpha value is -2.60. The number of rotatable bonds is 3. The van der Waals surface area contributed by atoms with Crippen LogP contribution in [-0.2, 0) is 13.6 Å². The first-order valence-corrected chi connectivity index (χ1v) is 6.49. The van der Waals surface area contributed by atoms with E-state index in [9.17, 15) is 14.7 Å². The number of benzene rings is 1. The summed E-state index contributed by atoms with van der Waals surface area (Å²) in [6, 6.07) is 9.12. The van der Waals surface area contributed by atoms with Crippen LogP contribution >= 0.6 is 0 Å². The summed E-state index contributed by atoms with van der Waals surface area (Å²) in [5.41, 5.74) is -0.632. The quantitative estimate of drug-likeness (QED) is 0.729. The highest BCUT2D eigenvalue weighted by atomic mass is 16.4. The Kier molecular flexibility index (Phi) is 3.23. The molecule has 0 amide bonds. The molecule has 0 saturated carbocycles. The minimum atomic E-state index is -0.998. The number of hydrogen-bond acceptors (Lipinski definition) is 4. The zero-order chi connectivity index (χ0) is 15.0. The Bertz CT molecular complexity index is 871. The van der Waals surface area contributed by atoms with Crippen molar-refractivity contribution in [2.45, 2.75) is 12.6 Å². The van der Waals surface area contributed by atoms with Gasteiger partial charge >= 0.3 is 11.1 Å². The first-order valence-electron chi connectivity index (χ1n) is 6.49. The third-order valence-corrected chi connectivity index (χ3v) is 3.38. The maximum Gasteiger partial charge on any atom is 0.316 e. The SMILES string of the molecule is Cn1ccn(CC(O)c2cc3ccccc3o2)c(=O)c1=O. The molecule has 0 fully saturated rings. The van der Waals surface area contributed by atoms with E-state index in [2.05, 4.69) is 0 Å². The molecule has 0 spiro atoms. The minimum Gasteiger partial charge on any atom is -0.458 e. The van der Waals surface area contributed by atoms with Crippen molar-refractivity contribution in [2.24, 2.45) is 7.05 Å². The number of hydrogen-bond donors (Lipinski definition) is 1. The van der Waals surface area contributed by atoms with Crippen LogP contribution in [0.4, 0.5) is 0 Å². The van der Waals surface area contributed by atoms with Crippen molar-refractivity contribution in [3.8, 4) is 0 Å². The number of furan rings is 1. The van der Waals surface area contributed by atoms with Gasteiger partial charge in [0.25, 0.3) is 0 Å². The van der Waals surface area contributed by atoms with Crippen molar-refractivity contribution in [3.63, 3.8) is 0 Å². The van der Waals surface area contributed by atoms with Gasteiger partial charge in [0.1, 0.15) is 17.4 Å². The van der Waals surface area contributed by atoms with Crippen molar-refractivity contribution in [2.75, 3.05) is 0 Å². The highest BCUT2D eigenvalue weighted by Crippen LogP contribution is 2.24. The molecular weight excluding hydrogens is 272 g/mol. The van der Waals surface area contributed by atoms with Gasteiger partial charge in [0.2, 0.25) is 0 Å². The molecule has 1 unspecified atom stereocenters. The number of para-hydroxylation sites is 1. The molecule has 21 heavy (non-hydrogen) atoms. The van der Waals surface area contributed by atoms with Crippen molar-refractivity contribution in [3.05, 3.63) is 69.2 Å². The molecule has 0 aliphatic carbocycles. The monoisotopic (exact) mass is 286 g/mol. The minimum absolute atomic E-state index is 0.0330. The van der Waals surface area contributed by atoms with Crippen molar-refractivity contribution >= 4 is 11.0 Å². The molecule has 6 heteroatoms. The Morgan fingerprint density at radius 1 is 1.19 bits per heavy atom. The summed E-state index contributed by atoms with van der Waals surface area (Å²) in [6.07, 6.45) is 1.95. The summed E-state index contributed by atoms with van der Waals surface area (Å²) in [5.74, 6) is 0.365. The van der Waals surface area contributed by atoms with Gasteiger partial charge in [0, 0.05) is 24.8 Å². The van der Waals surface area contributed by atoms with Crippen LogP contribution in [0.1, 0.15) is 11.9 Å². The molecule has 0 saturated heterocycles. The molecule has 1 N–H and O–H groups in total. The Morgan fingerprint density at radius 2 is 1.95 bits per heavy atom. The summed E-state index contributed by atoms with van der Waals surface area (Å²) < 4.78 is 7.93. The fourth-order valence-electron chi connectivity index (χ4n) is 2.18. The summed E-state index contributed by atoms with van der Waals surface area (Å²) in [6.45, 7) is -0.0330. The van der Waals surface area contributed by atoms with E-state index in [0.717, 1.165) is 5.39 Å². The first kappa shape index (κ1) is 13.4. The van der Waals surface area contributed by atoms with Gasteiger partial charge in [-0.05, 0) is 12.1 Å². The van der Waals surface area contributed by atoms with Crippen molar-refractivity contribution in [1.82, 2.24) is 9.13 Å². The average Bonchev–Trinajstić information content (AvgIpc) is 2.92. The van der Waals surface area contributed by atoms with Crippen LogP contribution < -0.4 is 11.1 Å². The molecule has 0 aliphatic rings. The summed E-state index contributed by atoms with van der Waals surface area (Å²) in [5, 5.41) is 11.1. The van der Waals surface area contributed by atoms with Crippen LogP contribution in [0.3, 0.4) is 0 Å². The number of aliphatic hydroxyl groups excluding tert-OH is 1. The Labute approximate surface area is 119 Å². The highest BCUT2D eigenvalue weighted by molar-refractivity contribution is 5.77. The van der Waals surface area contributed by atoms with Gasteiger partial charge in [0.15, 0.2) is 0 Å². The fraction of sp³-hybridized carbons (Fsp3) is 0.200. The topological polar surface area (TPSA) is 77.4 Å². The summed E-state index contributed by atoms with van der Waals surface area (Å²) in [7, 11) is 1.50. The lowest BCUT2D eigenvalue weighted by Crippen LogP contribution is -2.40. The van der Waals surface area contributed by atoms with Crippen LogP contribution in [0.5, 0.6) is 0 Å². The lowest BCUT2D eigenvalue weighted by Gasteiger charge is -2.10. The second kappa shape index (κ2) is 5.06. The molecule has 108 valence electrons. The second-order valence-electron chi connectivity index (χ2n) is 4.87. The lowest BCUT2D eigenvalue weighted by molar-refractivity contribution is 0.131. The predicted molar refractivity (Wildman–Crippen MR) is 77.1 cm³/mol. The maximum absolute atomic E-state index is 11.8. The van der Waals surface area contributed by atoms with Gasteiger partial charge in [0.05, 0.1) is 6.54 Å². The lowest BCUT2D eigenvalue weighted by atomic mass is 10.2. The molecule has 3 aromatic rings. The predicted octanol–water partition coefficient (Wildman–Crippen LogP) is 1.03. The maximum atomic E-state index is 11.8. The average molecular weight is 286 g/mol. The van der Waals surface area contributed by atoms with E-state index in [4.69, 9.17) is 4.42 Å². The van der Waals surface area contributed by atoms with E-state index in [-0.39, 0.29) is 6.54 Å². The van der Waals surface area contributed by atoms with Gasteiger partial charge < -0.3 is 18.7 Å². The zero-order valence-corrected chi connectivity index (χ0v) is 11.4. The molecule has 2 heterocycles. The van der Waals surface area contributed by atoms with Gasteiger partial charge in [-0.25, -0.2) is 0 Å². The Balaban J connectivity index is 1.93. The smallest absolute Gasteiger partial charge is 0.316 e. The van der Waals surface area contributed by atoms with E-state index < -0.39 is 17.2 Å². The van der Waals surface area contributed by atoms with Crippen LogP contribution in [0.25, 0.3) is 11.0 Å². The van der Waals surface area contributed by atoms with Crippen molar-refractivity contribution < 1.29 is 9.52 Å². The Morgan fingerprint density at radius 3 is 2.71 bits per heavy atom. The summed E-state index contributed by atoms with van der Waals surface area (Å²) >= 11 is 0. The second-order valence-corrected chi connectivity index (χ2v) is 4.87. The third-order valence-electron chi connectivity index (χ3n) is 3.38. The fourth-order valence-corrected chi connectivity index (χ4v) is 2.18. The number of aromatic nitrogens is 2. The molecule has 3 rings (SSSR count). The first-order chi connectivity index (χ1) is 10.1. The molecule has 6 nitrogen and oxygen atoms in total. The van der Waals surface area contributed by atoms with Crippen LogP contribution in [0.15, 0.2) is 56.7 Å². The standard InChI is InChI=1S/C15H14N2O4/c1-16-6-7-17(15(20)14(16)19)9-11(18)13-8-10-4-2-3-5-12(10)21-13/h2-8,11,18H,9H2,1H3. The number of nitrogens with zero attached hydrogens (tertiary/aromatic N) is 2. The largest absolute Gasteiger partial charge is 0.458 e. The van der Waals surface area contributed by atoms with Crippen LogP contribution in [0.2, 0.25) is 0 Å². The number of aryl methyl sites for hydroxylation is 1. The van der Waals surface area contributed by atoms with Crippen molar-refractivity contribution in [1.29, 1.82) is 0 Å². The molecular formula is C15H14N2O4. The van der Waals surface area contributed by atoms with Crippen LogP contribution in [0, 0.1) is 0 Å².